The minimum atomic E-state index is -4.26. The van der Waals surface area contributed by atoms with Crippen LogP contribution in [0.1, 0.15) is 27.2 Å². The fraction of sp³-hybridized carbons (Fsp3) is 1.00. The van der Waals surface area contributed by atoms with E-state index in [4.69, 9.17) is 5.73 Å². The molecule has 0 bridgehead atoms. The summed E-state index contributed by atoms with van der Waals surface area (Å²) in [5.74, 6) is 0. The molecule has 0 saturated heterocycles. The van der Waals surface area contributed by atoms with Gasteiger partial charge >= 0.3 is 6.18 Å². The van der Waals surface area contributed by atoms with Crippen molar-refractivity contribution in [2.75, 3.05) is 7.05 Å². The lowest BCUT2D eigenvalue weighted by Crippen LogP contribution is -2.56. The van der Waals surface area contributed by atoms with Crippen LogP contribution in [0.25, 0.3) is 0 Å². The van der Waals surface area contributed by atoms with Gasteiger partial charge in [0.1, 0.15) is 6.04 Å². The van der Waals surface area contributed by atoms with Crippen molar-refractivity contribution in [3.63, 3.8) is 0 Å². The first-order chi connectivity index (χ1) is 6.21. The van der Waals surface area contributed by atoms with Crippen LogP contribution < -0.4 is 5.73 Å². The molecule has 2 N–H and O–H groups in total. The third-order valence-corrected chi connectivity index (χ3v) is 2.47. The molecule has 0 saturated carbocycles. The topological polar surface area (TPSA) is 29.3 Å². The maximum absolute atomic E-state index is 12.6. The van der Waals surface area contributed by atoms with E-state index in [9.17, 15) is 13.2 Å². The molecule has 0 rings (SSSR count). The van der Waals surface area contributed by atoms with E-state index < -0.39 is 18.3 Å². The van der Waals surface area contributed by atoms with Gasteiger partial charge in [-0.15, -0.1) is 0 Å². The van der Waals surface area contributed by atoms with Crippen molar-refractivity contribution >= 4 is 0 Å². The fourth-order valence-electron chi connectivity index (χ4n) is 1.32. The smallest absolute Gasteiger partial charge is 0.326 e. The van der Waals surface area contributed by atoms with Crippen molar-refractivity contribution in [2.24, 2.45) is 5.73 Å². The molecular weight excluding hydrogens is 193 g/mol. The number of rotatable bonds is 4. The second-order valence-electron chi connectivity index (χ2n) is 3.82. The average molecular weight is 212 g/mol. The Hall–Kier alpha value is -0.290. The lowest BCUT2D eigenvalue weighted by molar-refractivity contribution is -0.190. The molecule has 0 heterocycles. The summed E-state index contributed by atoms with van der Waals surface area (Å²) in [5, 5.41) is 0. The zero-order chi connectivity index (χ0) is 11.5. The Bertz CT molecular complexity index is 168. The molecule has 0 aliphatic carbocycles. The molecule has 2 unspecified atom stereocenters. The van der Waals surface area contributed by atoms with Crippen LogP contribution in [0.3, 0.4) is 0 Å². The normalized spacial score (nSPS) is 17.6. The Morgan fingerprint density at radius 1 is 1.29 bits per heavy atom. The predicted octanol–water partition coefficient (Wildman–Crippen LogP) is 1.99. The minimum absolute atomic E-state index is 0.167. The molecule has 0 spiro atoms. The summed E-state index contributed by atoms with van der Waals surface area (Å²) in [7, 11) is 1.46. The zero-order valence-corrected chi connectivity index (χ0v) is 9.10. The second-order valence-corrected chi connectivity index (χ2v) is 3.82. The summed E-state index contributed by atoms with van der Waals surface area (Å²) >= 11 is 0. The SMILES string of the molecule is CCC(N)C(N(C)C(C)C)C(F)(F)F. The first-order valence-electron chi connectivity index (χ1n) is 4.76. The molecule has 2 nitrogen and oxygen atoms in total. The van der Waals surface area contributed by atoms with Crippen molar-refractivity contribution in [1.82, 2.24) is 4.90 Å². The summed E-state index contributed by atoms with van der Waals surface area (Å²) in [6.45, 7) is 5.11. The van der Waals surface area contributed by atoms with Crippen LogP contribution in [-0.4, -0.2) is 36.2 Å². The number of halogens is 3. The van der Waals surface area contributed by atoms with E-state index in [0.29, 0.717) is 6.42 Å². The van der Waals surface area contributed by atoms with Gasteiger partial charge in [0.15, 0.2) is 0 Å². The van der Waals surface area contributed by atoms with Gasteiger partial charge in [-0.1, -0.05) is 6.92 Å². The Morgan fingerprint density at radius 2 is 1.71 bits per heavy atom. The van der Waals surface area contributed by atoms with Gasteiger partial charge in [0, 0.05) is 12.1 Å². The van der Waals surface area contributed by atoms with Gasteiger partial charge in [-0.2, -0.15) is 13.2 Å². The van der Waals surface area contributed by atoms with E-state index in [0.717, 1.165) is 0 Å². The van der Waals surface area contributed by atoms with Crippen LogP contribution in [-0.2, 0) is 0 Å². The molecule has 0 radical (unpaired) electrons. The fourth-order valence-corrected chi connectivity index (χ4v) is 1.32. The maximum Gasteiger partial charge on any atom is 0.405 e. The monoisotopic (exact) mass is 212 g/mol. The highest BCUT2D eigenvalue weighted by Gasteiger charge is 2.45. The first kappa shape index (κ1) is 13.7. The van der Waals surface area contributed by atoms with Crippen LogP contribution in [0.15, 0.2) is 0 Å². The van der Waals surface area contributed by atoms with Crippen LogP contribution in [0.2, 0.25) is 0 Å². The molecule has 0 amide bonds. The van der Waals surface area contributed by atoms with Crippen molar-refractivity contribution in [3.05, 3.63) is 0 Å². The van der Waals surface area contributed by atoms with Crippen molar-refractivity contribution in [1.29, 1.82) is 0 Å². The van der Waals surface area contributed by atoms with E-state index in [1.54, 1.807) is 20.8 Å². The van der Waals surface area contributed by atoms with E-state index in [1.807, 2.05) is 0 Å². The number of hydrogen-bond donors (Lipinski definition) is 1. The lowest BCUT2D eigenvalue weighted by atomic mass is 10.0. The third-order valence-electron chi connectivity index (χ3n) is 2.47. The molecular formula is C9H19F3N2. The van der Waals surface area contributed by atoms with Crippen LogP contribution in [0.4, 0.5) is 13.2 Å². The van der Waals surface area contributed by atoms with Gasteiger partial charge in [0.25, 0.3) is 0 Å². The van der Waals surface area contributed by atoms with Crippen LogP contribution >= 0.6 is 0 Å². The van der Waals surface area contributed by atoms with Gasteiger partial charge in [-0.3, -0.25) is 4.90 Å². The largest absolute Gasteiger partial charge is 0.405 e. The Balaban J connectivity index is 4.73. The lowest BCUT2D eigenvalue weighted by Gasteiger charge is -2.36. The molecule has 0 aliphatic heterocycles. The summed E-state index contributed by atoms with van der Waals surface area (Å²) in [6, 6.07) is -2.57. The Kier molecular flexibility index (Phi) is 4.88. The highest BCUT2D eigenvalue weighted by Crippen LogP contribution is 2.27. The summed E-state index contributed by atoms with van der Waals surface area (Å²) < 4.78 is 37.9. The zero-order valence-electron chi connectivity index (χ0n) is 9.10. The van der Waals surface area contributed by atoms with Crippen LogP contribution in [0, 0.1) is 0 Å². The van der Waals surface area contributed by atoms with Crippen molar-refractivity contribution in [3.8, 4) is 0 Å². The molecule has 0 aromatic carbocycles. The summed E-state index contributed by atoms with van der Waals surface area (Å²) in [4.78, 5) is 1.27. The summed E-state index contributed by atoms with van der Waals surface area (Å²) in [5.41, 5.74) is 5.48. The van der Waals surface area contributed by atoms with E-state index >= 15 is 0 Å². The van der Waals surface area contributed by atoms with Gasteiger partial charge in [0.2, 0.25) is 0 Å². The van der Waals surface area contributed by atoms with E-state index in [2.05, 4.69) is 0 Å². The Labute approximate surface area is 83.3 Å². The van der Waals surface area contributed by atoms with E-state index in [-0.39, 0.29) is 6.04 Å². The summed E-state index contributed by atoms with van der Waals surface area (Å²) in [6.07, 6.45) is -3.93. The molecule has 5 heteroatoms. The molecule has 0 aromatic rings. The molecule has 0 fully saturated rings. The minimum Gasteiger partial charge on any atom is -0.326 e. The van der Waals surface area contributed by atoms with Gasteiger partial charge in [0.05, 0.1) is 0 Å². The molecule has 0 aromatic heterocycles. The molecule has 86 valence electrons. The number of nitrogens with two attached hydrogens (primary N) is 1. The highest BCUT2D eigenvalue weighted by atomic mass is 19.4. The van der Waals surface area contributed by atoms with Gasteiger partial charge in [-0.05, 0) is 27.3 Å². The average Bonchev–Trinajstić information content (AvgIpc) is 2.01. The quantitative estimate of drug-likeness (QED) is 0.772. The second kappa shape index (κ2) is 4.98. The number of hydrogen-bond acceptors (Lipinski definition) is 2. The standard InChI is InChI=1S/C9H19F3N2/c1-5-7(13)8(9(10,11)12)14(4)6(2)3/h6-8H,5,13H2,1-4H3. The van der Waals surface area contributed by atoms with Crippen LogP contribution in [0.5, 0.6) is 0 Å². The third kappa shape index (κ3) is 3.46. The molecule has 2 atom stereocenters. The highest BCUT2D eigenvalue weighted by molar-refractivity contribution is 4.87. The van der Waals surface area contributed by atoms with Crippen molar-refractivity contribution in [2.45, 2.75) is 51.5 Å². The maximum atomic E-state index is 12.6. The number of nitrogens with zero attached hydrogens (tertiary/aromatic N) is 1. The van der Waals surface area contributed by atoms with E-state index in [1.165, 1.54) is 11.9 Å². The number of alkyl halides is 3. The van der Waals surface area contributed by atoms with Gasteiger partial charge < -0.3 is 5.73 Å². The van der Waals surface area contributed by atoms with Gasteiger partial charge in [-0.25, -0.2) is 0 Å². The Morgan fingerprint density at radius 3 is 1.93 bits per heavy atom. The predicted molar refractivity (Wildman–Crippen MR) is 51.0 cm³/mol. The molecule has 14 heavy (non-hydrogen) atoms. The molecule has 0 aliphatic rings. The van der Waals surface area contributed by atoms with Crippen molar-refractivity contribution < 1.29 is 13.2 Å². The number of likely N-dealkylation sites (N-methyl/N-ethyl adjacent to an activating group) is 1. The first-order valence-corrected chi connectivity index (χ1v) is 4.76.